The number of ether oxygens (including phenoxy) is 1. The van der Waals surface area contributed by atoms with E-state index < -0.39 is 17.7 Å². The summed E-state index contributed by atoms with van der Waals surface area (Å²) >= 11 is 5.95. The van der Waals surface area contributed by atoms with E-state index >= 15 is 0 Å². The Labute approximate surface area is 189 Å². The van der Waals surface area contributed by atoms with Crippen molar-refractivity contribution in [2.24, 2.45) is 0 Å². The fourth-order valence-electron chi connectivity index (χ4n) is 3.58. The van der Waals surface area contributed by atoms with Gasteiger partial charge in [-0.15, -0.1) is 0 Å². The Bertz CT molecular complexity index is 1180. The molecule has 164 valence electrons. The maximum atomic E-state index is 13.1. The van der Waals surface area contributed by atoms with Crippen molar-refractivity contribution in [3.8, 4) is 5.75 Å². The van der Waals surface area contributed by atoms with Crippen LogP contribution < -0.4 is 9.64 Å². The fraction of sp³-hybridized carbons (Fsp3) is 0.208. The number of aliphatic hydroxyl groups is 1. The topological polar surface area (TPSA) is 92.9 Å². The lowest BCUT2D eigenvalue weighted by Gasteiger charge is -2.23. The van der Waals surface area contributed by atoms with E-state index in [-0.39, 0.29) is 17.2 Å². The third kappa shape index (κ3) is 3.99. The monoisotopic (exact) mass is 452 g/mol. The van der Waals surface area contributed by atoms with Crippen molar-refractivity contribution in [3.63, 3.8) is 0 Å². The molecule has 0 aliphatic carbocycles. The quantitative estimate of drug-likeness (QED) is 0.319. The van der Waals surface area contributed by atoms with Crippen molar-refractivity contribution in [3.05, 3.63) is 82.1 Å². The number of carbonyl (C=O) groups excluding carboxylic acids is 2. The second-order valence-corrected chi connectivity index (χ2v) is 7.83. The van der Waals surface area contributed by atoms with E-state index in [0.29, 0.717) is 34.3 Å². The maximum absolute atomic E-state index is 13.1. The molecule has 1 aliphatic heterocycles. The average molecular weight is 453 g/mol. The third-order valence-electron chi connectivity index (χ3n) is 5.09. The number of halogens is 1. The summed E-state index contributed by atoms with van der Waals surface area (Å²) in [4.78, 5) is 27.3. The third-order valence-corrected chi connectivity index (χ3v) is 5.35. The number of rotatable bonds is 6. The average Bonchev–Trinajstić information content (AvgIpc) is 3.33. The van der Waals surface area contributed by atoms with Gasteiger partial charge in [0, 0.05) is 16.7 Å². The highest BCUT2D eigenvalue weighted by atomic mass is 35.5. The van der Waals surface area contributed by atoms with E-state index in [9.17, 15) is 14.7 Å². The van der Waals surface area contributed by atoms with E-state index in [1.165, 1.54) is 4.90 Å². The Kier molecular flexibility index (Phi) is 6.01. The second kappa shape index (κ2) is 8.88. The first kappa shape index (κ1) is 21.6. The molecule has 1 aromatic heterocycles. The second-order valence-electron chi connectivity index (χ2n) is 7.39. The van der Waals surface area contributed by atoms with Crippen LogP contribution >= 0.6 is 11.6 Å². The lowest BCUT2D eigenvalue weighted by molar-refractivity contribution is -0.132. The summed E-state index contributed by atoms with van der Waals surface area (Å²) < 4.78 is 10.8. The Morgan fingerprint density at radius 3 is 2.44 bits per heavy atom. The largest absolute Gasteiger partial charge is 0.507 e. The highest BCUT2D eigenvalue weighted by Crippen LogP contribution is 2.42. The van der Waals surface area contributed by atoms with Gasteiger partial charge in [-0.2, -0.15) is 0 Å². The molecule has 0 radical (unpaired) electrons. The lowest BCUT2D eigenvalue weighted by Crippen LogP contribution is -2.29. The molecule has 32 heavy (non-hydrogen) atoms. The molecule has 3 aromatic rings. The van der Waals surface area contributed by atoms with Crippen molar-refractivity contribution < 1.29 is 24.0 Å². The molecule has 4 rings (SSSR count). The van der Waals surface area contributed by atoms with Gasteiger partial charge in [-0.25, -0.2) is 0 Å². The molecule has 1 aliphatic rings. The number of aromatic nitrogens is 1. The Balaban J connectivity index is 1.85. The summed E-state index contributed by atoms with van der Waals surface area (Å²) in [7, 11) is 0. The number of aliphatic hydroxyl groups excluding tert-OH is 1. The molecule has 0 bridgehead atoms. The maximum Gasteiger partial charge on any atom is 0.301 e. The van der Waals surface area contributed by atoms with Gasteiger partial charge in [0.1, 0.15) is 17.3 Å². The minimum atomic E-state index is -0.893. The molecule has 1 saturated heterocycles. The number of amides is 1. The van der Waals surface area contributed by atoms with Crippen LogP contribution in [0.5, 0.6) is 5.75 Å². The number of ketones is 1. The molecule has 1 amide bonds. The summed E-state index contributed by atoms with van der Waals surface area (Å²) in [6, 6.07) is 14.1. The number of nitrogens with zero attached hydrogens (tertiary/aromatic N) is 2. The molecule has 0 spiro atoms. The zero-order valence-corrected chi connectivity index (χ0v) is 18.3. The number of aryl methyl sites for hydroxylation is 1. The summed E-state index contributed by atoms with van der Waals surface area (Å²) in [6.45, 7) is 4.28. The number of carbonyl (C=O) groups is 2. The van der Waals surface area contributed by atoms with Crippen molar-refractivity contribution in [2.45, 2.75) is 26.3 Å². The highest BCUT2D eigenvalue weighted by molar-refractivity contribution is 6.51. The van der Waals surface area contributed by atoms with Crippen LogP contribution in [0.25, 0.3) is 5.76 Å². The van der Waals surface area contributed by atoms with Gasteiger partial charge in [0.25, 0.3) is 5.78 Å². The first-order valence-corrected chi connectivity index (χ1v) is 10.5. The molecule has 7 nitrogen and oxygen atoms in total. The number of benzene rings is 2. The minimum absolute atomic E-state index is 0.0415. The molecule has 2 heterocycles. The highest BCUT2D eigenvalue weighted by Gasteiger charge is 2.48. The van der Waals surface area contributed by atoms with Gasteiger partial charge in [-0.05, 0) is 55.3 Å². The molecule has 1 N–H and O–H groups in total. The first-order valence-electron chi connectivity index (χ1n) is 10.1. The molecule has 0 unspecified atom stereocenters. The SMILES string of the molecule is CCCOc1ccc([C@H]2C(=C(O)c3ccc(Cl)cc3)C(=O)C(=O)N2c2cc(C)on2)cc1. The van der Waals surface area contributed by atoms with Crippen LogP contribution in [0.1, 0.15) is 36.3 Å². The molecule has 1 fully saturated rings. The van der Waals surface area contributed by atoms with Crippen LogP contribution in [0.4, 0.5) is 5.82 Å². The van der Waals surface area contributed by atoms with Crippen molar-refractivity contribution in [1.29, 1.82) is 0 Å². The molecule has 0 saturated carbocycles. The molecule has 2 aromatic carbocycles. The number of anilines is 1. The van der Waals surface area contributed by atoms with E-state index in [4.69, 9.17) is 20.9 Å². The smallest absolute Gasteiger partial charge is 0.301 e. The van der Waals surface area contributed by atoms with E-state index in [1.54, 1.807) is 61.5 Å². The lowest BCUT2D eigenvalue weighted by atomic mass is 9.95. The zero-order valence-electron chi connectivity index (χ0n) is 17.5. The molecular formula is C24H21ClN2O5. The summed E-state index contributed by atoms with van der Waals surface area (Å²) in [5.74, 6) is -0.557. The van der Waals surface area contributed by atoms with Crippen LogP contribution in [0.15, 0.2) is 64.7 Å². The normalized spacial score (nSPS) is 17.7. The van der Waals surface area contributed by atoms with Gasteiger partial charge < -0.3 is 14.4 Å². The van der Waals surface area contributed by atoms with E-state index in [0.717, 1.165) is 6.42 Å². The van der Waals surface area contributed by atoms with Crippen LogP contribution in [0.3, 0.4) is 0 Å². The van der Waals surface area contributed by atoms with Crippen molar-refractivity contribution in [1.82, 2.24) is 5.16 Å². The van der Waals surface area contributed by atoms with Gasteiger partial charge in [-0.1, -0.05) is 35.8 Å². The Hall–Kier alpha value is -3.58. The molecular weight excluding hydrogens is 432 g/mol. The van der Waals surface area contributed by atoms with Crippen LogP contribution in [-0.4, -0.2) is 28.6 Å². The van der Waals surface area contributed by atoms with Crippen molar-refractivity contribution >= 4 is 34.9 Å². The fourth-order valence-corrected chi connectivity index (χ4v) is 3.71. The zero-order chi connectivity index (χ0) is 22.8. The van der Waals surface area contributed by atoms with Gasteiger partial charge in [0.15, 0.2) is 5.82 Å². The predicted molar refractivity (Wildman–Crippen MR) is 120 cm³/mol. The van der Waals surface area contributed by atoms with Crippen molar-refractivity contribution in [2.75, 3.05) is 11.5 Å². The van der Waals surface area contributed by atoms with Gasteiger partial charge >= 0.3 is 5.91 Å². The first-order chi connectivity index (χ1) is 15.4. The molecule has 1 atom stereocenters. The van der Waals surface area contributed by atoms with Crippen LogP contribution in [-0.2, 0) is 9.59 Å². The Morgan fingerprint density at radius 2 is 1.84 bits per heavy atom. The van der Waals surface area contributed by atoms with Gasteiger partial charge in [0.05, 0.1) is 18.2 Å². The van der Waals surface area contributed by atoms with Crippen LogP contribution in [0, 0.1) is 6.92 Å². The Morgan fingerprint density at radius 1 is 1.16 bits per heavy atom. The van der Waals surface area contributed by atoms with Gasteiger partial charge in [-0.3, -0.25) is 14.5 Å². The van der Waals surface area contributed by atoms with Gasteiger partial charge in [0.2, 0.25) is 0 Å². The predicted octanol–water partition coefficient (Wildman–Crippen LogP) is 5.05. The minimum Gasteiger partial charge on any atom is -0.507 e. The summed E-state index contributed by atoms with van der Waals surface area (Å²) in [5, 5.41) is 15.5. The van der Waals surface area contributed by atoms with Crippen LogP contribution in [0.2, 0.25) is 5.02 Å². The number of Topliss-reactive ketones (excluding diaryl/α,β-unsaturated/α-hetero) is 1. The van der Waals surface area contributed by atoms with E-state index in [1.807, 2.05) is 6.92 Å². The standard InChI is InChI=1S/C24H21ClN2O5/c1-3-12-31-18-10-6-15(7-11-18)21-20(22(28)16-4-8-17(25)9-5-16)23(29)24(30)27(21)19-13-14(2)32-26-19/h4-11,13,21,28H,3,12H2,1-2H3/t21-/m0/s1. The number of hydrogen-bond acceptors (Lipinski definition) is 6. The summed E-state index contributed by atoms with van der Waals surface area (Å²) in [5.41, 5.74) is 0.945. The number of hydrogen-bond donors (Lipinski definition) is 1. The summed E-state index contributed by atoms with van der Waals surface area (Å²) in [6.07, 6.45) is 0.870. The molecule has 8 heteroatoms. The van der Waals surface area contributed by atoms with E-state index in [2.05, 4.69) is 5.16 Å².